The number of aromatic nitrogens is 2. The van der Waals surface area contributed by atoms with Crippen molar-refractivity contribution in [3.8, 4) is 11.3 Å². The molecule has 0 amide bonds. The maximum Gasteiger partial charge on any atom is 0.120 e. The van der Waals surface area contributed by atoms with Crippen LogP contribution in [0.4, 0.5) is 0 Å². The Kier molecular flexibility index (Phi) is 3.59. The number of hydrogen-bond donors (Lipinski definition) is 2. The van der Waals surface area contributed by atoms with Gasteiger partial charge in [0.1, 0.15) is 5.82 Å². The molecule has 3 nitrogen and oxygen atoms in total. The highest BCUT2D eigenvalue weighted by Crippen LogP contribution is 2.18. The second kappa shape index (κ2) is 5.15. The monoisotopic (exact) mass is 229 g/mol. The first-order valence-electron chi connectivity index (χ1n) is 6.02. The Balaban J connectivity index is 2.17. The lowest BCUT2D eigenvalue weighted by Crippen LogP contribution is -1.97. The lowest BCUT2D eigenvalue weighted by atomic mass is 10.0. The van der Waals surface area contributed by atoms with Crippen LogP contribution in [-0.2, 0) is 13.0 Å². The molecule has 1 aromatic carbocycles. The number of aromatic amines is 1. The van der Waals surface area contributed by atoms with Crippen molar-refractivity contribution in [2.75, 3.05) is 0 Å². The number of benzene rings is 1. The van der Waals surface area contributed by atoms with E-state index in [1.807, 2.05) is 6.20 Å². The number of imidazole rings is 1. The van der Waals surface area contributed by atoms with Crippen molar-refractivity contribution in [1.82, 2.24) is 9.97 Å². The molecular weight excluding hydrogens is 210 g/mol. The van der Waals surface area contributed by atoms with Crippen molar-refractivity contribution in [1.29, 1.82) is 0 Å². The molecule has 0 unspecified atom stereocenters. The summed E-state index contributed by atoms with van der Waals surface area (Å²) in [6, 6.07) is 8.62. The first-order valence-corrected chi connectivity index (χ1v) is 6.02. The number of nitrogens with one attached hydrogen (secondary N) is 1. The summed E-state index contributed by atoms with van der Waals surface area (Å²) in [4.78, 5) is 7.40. The number of hydrogen-bond acceptors (Lipinski definition) is 2. The van der Waals surface area contributed by atoms with Crippen LogP contribution in [0.25, 0.3) is 11.3 Å². The fraction of sp³-hybridized carbons (Fsp3) is 0.357. The van der Waals surface area contributed by atoms with Gasteiger partial charge in [-0.3, -0.25) is 0 Å². The molecule has 3 N–H and O–H groups in total. The molecule has 2 rings (SSSR count). The van der Waals surface area contributed by atoms with Gasteiger partial charge in [0.05, 0.1) is 18.4 Å². The van der Waals surface area contributed by atoms with Crippen molar-refractivity contribution in [3.63, 3.8) is 0 Å². The van der Waals surface area contributed by atoms with Gasteiger partial charge in [0, 0.05) is 0 Å². The Morgan fingerprint density at radius 3 is 2.47 bits per heavy atom. The Morgan fingerprint density at radius 2 is 1.94 bits per heavy atom. The molecule has 0 saturated heterocycles. The van der Waals surface area contributed by atoms with E-state index < -0.39 is 0 Å². The zero-order valence-corrected chi connectivity index (χ0v) is 10.4. The Bertz CT molecular complexity index is 468. The fourth-order valence-corrected chi connectivity index (χ4v) is 1.90. The molecule has 17 heavy (non-hydrogen) atoms. The zero-order valence-electron chi connectivity index (χ0n) is 10.4. The van der Waals surface area contributed by atoms with Crippen molar-refractivity contribution in [3.05, 3.63) is 41.9 Å². The normalized spacial score (nSPS) is 11.1. The molecule has 90 valence electrons. The molecule has 0 atom stereocenters. The molecule has 2 aromatic rings. The highest BCUT2D eigenvalue weighted by Gasteiger charge is 2.03. The van der Waals surface area contributed by atoms with Crippen LogP contribution >= 0.6 is 0 Å². The van der Waals surface area contributed by atoms with Crippen molar-refractivity contribution >= 4 is 0 Å². The first-order chi connectivity index (χ1) is 8.19. The summed E-state index contributed by atoms with van der Waals surface area (Å²) in [5.74, 6) is 1.52. The SMILES string of the molecule is CC(C)Cc1ccc(-c2cnc(CN)[nH]2)cc1. The van der Waals surface area contributed by atoms with E-state index in [0.29, 0.717) is 12.5 Å². The van der Waals surface area contributed by atoms with E-state index in [9.17, 15) is 0 Å². The third kappa shape index (κ3) is 2.94. The molecule has 0 spiro atoms. The van der Waals surface area contributed by atoms with Gasteiger partial charge in [-0.25, -0.2) is 4.98 Å². The molecular formula is C14H19N3. The van der Waals surface area contributed by atoms with E-state index in [0.717, 1.165) is 23.5 Å². The standard InChI is InChI=1S/C14H19N3/c1-10(2)7-11-3-5-12(6-4-11)13-9-16-14(8-15)17-13/h3-6,9-10H,7-8,15H2,1-2H3,(H,16,17). The van der Waals surface area contributed by atoms with Gasteiger partial charge in [0.15, 0.2) is 0 Å². The molecule has 1 heterocycles. The van der Waals surface area contributed by atoms with E-state index in [2.05, 4.69) is 48.1 Å². The highest BCUT2D eigenvalue weighted by atomic mass is 14.9. The van der Waals surface area contributed by atoms with Gasteiger partial charge >= 0.3 is 0 Å². The highest BCUT2D eigenvalue weighted by molar-refractivity contribution is 5.58. The minimum Gasteiger partial charge on any atom is -0.341 e. The predicted molar refractivity (Wildman–Crippen MR) is 70.5 cm³/mol. The van der Waals surface area contributed by atoms with Crippen LogP contribution in [0, 0.1) is 5.92 Å². The van der Waals surface area contributed by atoms with Crippen LogP contribution in [0.2, 0.25) is 0 Å². The second-order valence-corrected chi connectivity index (χ2v) is 4.74. The Morgan fingerprint density at radius 1 is 1.24 bits per heavy atom. The summed E-state index contributed by atoms with van der Waals surface area (Å²) < 4.78 is 0. The average Bonchev–Trinajstić information content (AvgIpc) is 2.78. The van der Waals surface area contributed by atoms with E-state index in [4.69, 9.17) is 5.73 Å². The maximum atomic E-state index is 5.53. The van der Waals surface area contributed by atoms with Crippen molar-refractivity contribution in [2.24, 2.45) is 11.7 Å². The molecule has 0 aliphatic carbocycles. The number of nitrogens with zero attached hydrogens (tertiary/aromatic N) is 1. The van der Waals surface area contributed by atoms with Crippen LogP contribution in [0.15, 0.2) is 30.5 Å². The minimum atomic E-state index is 0.450. The fourth-order valence-electron chi connectivity index (χ4n) is 1.90. The largest absolute Gasteiger partial charge is 0.341 e. The van der Waals surface area contributed by atoms with Crippen molar-refractivity contribution < 1.29 is 0 Å². The molecule has 0 saturated carbocycles. The quantitative estimate of drug-likeness (QED) is 0.847. The topological polar surface area (TPSA) is 54.7 Å². The summed E-state index contributed by atoms with van der Waals surface area (Å²) >= 11 is 0. The smallest absolute Gasteiger partial charge is 0.120 e. The number of rotatable bonds is 4. The molecule has 1 aromatic heterocycles. The molecule has 0 bridgehead atoms. The van der Waals surface area contributed by atoms with Crippen molar-refractivity contribution in [2.45, 2.75) is 26.8 Å². The van der Waals surface area contributed by atoms with Crippen LogP contribution in [-0.4, -0.2) is 9.97 Å². The summed E-state index contributed by atoms with van der Waals surface area (Å²) in [7, 11) is 0. The van der Waals surface area contributed by atoms with Gasteiger partial charge in [-0.1, -0.05) is 38.1 Å². The van der Waals surface area contributed by atoms with E-state index >= 15 is 0 Å². The van der Waals surface area contributed by atoms with E-state index in [1.165, 1.54) is 5.56 Å². The molecule has 0 radical (unpaired) electrons. The van der Waals surface area contributed by atoms with Crippen LogP contribution in [0.3, 0.4) is 0 Å². The molecule has 3 heteroatoms. The molecule has 0 aliphatic rings. The van der Waals surface area contributed by atoms with Gasteiger partial charge < -0.3 is 10.7 Å². The maximum absolute atomic E-state index is 5.53. The van der Waals surface area contributed by atoms with Gasteiger partial charge in [-0.15, -0.1) is 0 Å². The average molecular weight is 229 g/mol. The zero-order chi connectivity index (χ0) is 12.3. The lowest BCUT2D eigenvalue weighted by molar-refractivity contribution is 0.647. The Labute approximate surface area is 102 Å². The van der Waals surface area contributed by atoms with Gasteiger partial charge in [0.25, 0.3) is 0 Å². The van der Waals surface area contributed by atoms with Gasteiger partial charge in [0.2, 0.25) is 0 Å². The third-order valence-electron chi connectivity index (χ3n) is 2.73. The predicted octanol–water partition coefficient (Wildman–Crippen LogP) is 2.73. The van der Waals surface area contributed by atoms with E-state index in [-0.39, 0.29) is 0 Å². The third-order valence-corrected chi connectivity index (χ3v) is 2.73. The minimum absolute atomic E-state index is 0.450. The summed E-state index contributed by atoms with van der Waals surface area (Å²) in [5, 5.41) is 0. The van der Waals surface area contributed by atoms with Gasteiger partial charge in [-0.05, 0) is 23.5 Å². The van der Waals surface area contributed by atoms with E-state index in [1.54, 1.807) is 0 Å². The van der Waals surface area contributed by atoms with Crippen LogP contribution in [0.5, 0.6) is 0 Å². The molecule has 0 aliphatic heterocycles. The summed E-state index contributed by atoms with van der Waals surface area (Å²) in [6.07, 6.45) is 2.96. The lowest BCUT2D eigenvalue weighted by Gasteiger charge is -2.05. The Hall–Kier alpha value is -1.61. The molecule has 0 fully saturated rings. The number of H-pyrrole nitrogens is 1. The summed E-state index contributed by atoms with van der Waals surface area (Å²) in [5.41, 5.74) is 9.09. The number of nitrogens with two attached hydrogens (primary N) is 1. The van der Waals surface area contributed by atoms with Gasteiger partial charge in [-0.2, -0.15) is 0 Å². The summed E-state index contributed by atoms with van der Waals surface area (Å²) in [6.45, 7) is 4.91. The van der Waals surface area contributed by atoms with Crippen LogP contribution in [0.1, 0.15) is 25.2 Å². The van der Waals surface area contributed by atoms with Crippen LogP contribution < -0.4 is 5.73 Å². The second-order valence-electron chi connectivity index (χ2n) is 4.74. The first kappa shape index (κ1) is 11.9.